The molecule has 0 aromatic heterocycles. The number of piperazine rings is 1. The first kappa shape index (κ1) is 21.1. The Morgan fingerprint density at radius 1 is 1.21 bits per heavy atom. The summed E-state index contributed by atoms with van der Waals surface area (Å²) < 4.78 is 44.1. The lowest BCUT2D eigenvalue weighted by Gasteiger charge is -2.36. The third-order valence-corrected chi connectivity index (χ3v) is 4.21. The van der Waals surface area contributed by atoms with Crippen LogP contribution in [0.15, 0.2) is 18.2 Å². The molecule has 0 spiro atoms. The van der Waals surface area contributed by atoms with E-state index < -0.39 is 11.7 Å². The minimum atomic E-state index is -4.35. The summed E-state index contributed by atoms with van der Waals surface area (Å²) in [5.74, 6) is 0.769. The Kier molecular flexibility index (Phi) is 7.83. The van der Waals surface area contributed by atoms with Gasteiger partial charge in [-0.2, -0.15) is 13.2 Å². The van der Waals surface area contributed by atoms with Crippen molar-refractivity contribution in [2.75, 3.05) is 33.3 Å². The van der Waals surface area contributed by atoms with Crippen LogP contribution in [0.1, 0.15) is 37.4 Å². The van der Waals surface area contributed by atoms with Crippen LogP contribution in [0.4, 0.5) is 13.2 Å². The Hall–Kier alpha value is -0.980. The molecule has 1 heterocycles. The van der Waals surface area contributed by atoms with Gasteiger partial charge in [-0.05, 0) is 24.5 Å². The molecule has 1 saturated heterocycles. The molecule has 0 aliphatic carbocycles. The van der Waals surface area contributed by atoms with Gasteiger partial charge in [0.2, 0.25) is 0 Å². The molecule has 2 rings (SSSR count). The first-order chi connectivity index (χ1) is 10.8. The average molecular weight is 367 g/mol. The Balaban J connectivity index is 0.00000288. The maximum absolute atomic E-state index is 12.9. The molecular formula is C17H26ClF3N2O. The summed E-state index contributed by atoms with van der Waals surface area (Å²) in [6, 6.07) is 3.93. The van der Waals surface area contributed by atoms with Crippen molar-refractivity contribution in [3.63, 3.8) is 0 Å². The van der Waals surface area contributed by atoms with E-state index in [2.05, 4.69) is 24.1 Å². The molecule has 1 aromatic carbocycles. The van der Waals surface area contributed by atoms with Crippen molar-refractivity contribution in [2.24, 2.45) is 5.92 Å². The van der Waals surface area contributed by atoms with Gasteiger partial charge >= 0.3 is 6.18 Å². The average Bonchev–Trinajstić information content (AvgIpc) is 2.52. The minimum absolute atomic E-state index is 0. The van der Waals surface area contributed by atoms with E-state index in [4.69, 9.17) is 4.74 Å². The number of halogens is 4. The number of benzene rings is 1. The van der Waals surface area contributed by atoms with Crippen molar-refractivity contribution in [3.05, 3.63) is 29.3 Å². The number of ether oxygens (including phenoxy) is 1. The number of hydrogen-bond acceptors (Lipinski definition) is 3. The highest BCUT2D eigenvalue weighted by molar-refractivity contribution is 5.85. The fourth-order valence-corrected chi connectivity index (χ4v) is 3.08. The van der Waals surface area contributed by atoms with Crippen LogP contribution in [0.25, 0.3) is 0 Å². The van der Waals surface area contributed by atoms with E-state index in [1.165, 1.54) is 7.11 Å². The van der Waals surface area contributed by atoms with E-state index in [1.807, 2.05) is 0 Å². The number of nitrogens with one attached hydrogen (secondary N) is 1. The molecule has 1 aliphatic rings. The van der Waals surface area contributed by atoms with Crippen LogP contribution in [0.5, 0.6) is 5.75 Å². The van der Waals surface area contributed by atoms with E-state index in [0.29, 0.717) is 11.7 Å². The van der Waals surface area contributed by atoms with Gasteiger partial charge in [0.25, 0.3) is 0 Å². The molecule has 7 heteroatoms. The second kappa shape index (κ2) is 8.92. The third kappa shape index (κ3) is 5.26. The molecule has 0 bridgehead atoms. The summed E-state index contributed by atoms with van der Waals surface area (Å²) in [6.07, 6.45) is -3.46. The number of alkyl halides is 3. The largest absolute Gasteiger partial charge is 0.496 e. The van der Waals surface area contributed by atoms with Gasteiger partial charge < -0.3 is 10.1 Å². The van der Waals surface area contributed by atoms with Gasteiger partial charge in [-0.3, -0.25) is 4.90 Å². The second-order valence-electron chi connectivity index (χ2n) is 6.39. The fraction of sp³-hybridized carbons (Fsp3) is 0.647. The summed E-state index contributed by atoms with van der Waals surface area (Å²) in [5.41, 5.74) is 0.179. The fourth-order valence-electron chi connectivity index (χ4n) is 3.08. The zero-order chi connectivity index (χ0) is 17.0. The topological polar surface area (TPSA) is 24.5 Å². The third-order valence-electron chi connectivity index (χ3n) is 4.21. The van der Waals surface area contributed by atoms with Gasteiger partial charge in [0, 0.05) is 37.8 Å². The van der Waals surface area contributed by atoms with Crippen molar-refractivity contribution in [1.29, 1.82) is 0 Å². The molecule has 0 radical (unpaired) electrons. The smallest absolute Gasteiger partial charge is 0.416 e. The molecular weight excluding hydrogens is 341 g/mol. The zero-order valence-electron chi connectivity index (χ0n) is 14.3. The van der Waals surface area contributed by atoms with Gasteiger partial charge in [-0.1, -0.05) is 19.9 Å². The van der Waals surface area contributed by atoms with Crippen molar-refractivity contribution >= 4 is 12.4 Å². The van der Waals surface area contributed by atoms with Crippen LogP contribution in [0.2, 0.25) is 0 Å². The van der Waals surface area contributed by atoms with Gasteiger partial charge in [0.15, 0.2) is 0 Å². The predicted octanol–water partition coefficient (Wildman–Crippen LogP) is 4.13. The van der Waals surface area contributed by atoms with Crippen molar-refractivity contribution in [3.8, 4) is 5.75 Å². The molecule has 0 saturated carbocycles. The highest BCUT2D eigenvalue weighted by atomic mass is 35.5. The summed E-state index contributed by atoms with van der Waals surface area (Å²) >= 11 is 0. The summed E-state index contributed by atoms with van der Waals surface area (Å²) in [5, 5.41) is 3.31. The first-order valence-electron chi connectivity index (χ1n) is 8.02. The molecule has 24 heavy (non-hydrogen) atoms. The molecule has 0 amide bonds. The van der Waals surface area contributed by atoms with E-state index >= 15 is 0 Å². The number of methoxy groups -OCH3 is 1. The predicted molar refractivity (Wildman–Crippen MR) is 91.9 cm³/mol. The van der Waals surface area contributed by atoms with Crippen LogP contribution < -0.4 is 10.1 Å². The molecule has 1 aromatic rings. The SMILES string of the molecule is COc1cc(C(F)(F)F)ccc1[C@@H](CC(C)C)N1CCNCC1.Cl. The highest BCUT2D eigenvalue weighted by Crippen LogP contribution is 2.38. The Morgan fingerprint density at radius 3 is 2.33 bits per heavy atom. The lowest BCUT2D eigenvalue weighted by atomic mass is 9.93. The van der Waals surface area contributed by atoms with Crippen LogP contribution in [-0.4, -0.2) is 38.2 Å². The van der Waals surface area contributed by atoms with E-state index in [-0.39, 0.29) is 18.4 Å². The Bertz CT molecular complexity index is 517. The van der Waals surface area contributed by atoms with Gasteiger partial charge in [-0.25, -0.2) is 0 Å². The summed E-state index contributed by atoms with van der Waals surface area (Å²) in [6.45, 7) is 7.84. The maximum atomic E-state index is 12.9. The summed E-state index contributed by atoms with van der Waals surface area (Å²) in [4.78, 5) is 2.33. The van der Waals surface area contributed by atoms with Crippen LogP contribution >= 0.6 is 12.4 Å². The molecule has 1 atom stereocenters. The zero-order valence-corrected chi connectivity index (χ0v) is 15.1. The lowest BCUT2D eigenvalue weighted by Crippen LogP contribution is -2.45. The van der Waals surface area contributed by atoms with Crippen LogP contribution in [-0.2, 0) is 6.18 Å². The molecule has 1 fully saturated rings. The second-order valence-corrected chi connectivity index (χ2v) is 6.39. The van der Waals surface area contributed by atoms with Crippen LogP contribution in [0, 0.1) is 5.92 Å². The molecule has 1 aliphatic heterocycles. The van der Waals surface area contributed by atoms with E-state index in [1.54, 1.807) is 6.07 Å². The summed E-state index contributed by atoms with van der Waals surface area (Å²) in [7, 11) is 1.43. The quantitative estimate of drug-likeness (QED) is 0.848. The maximum Gasteiger partial charge on any atom is 0.416 e. The van der Waals surface area contributed by atoms with Gasteiger partial charge in [0.1, 0.15) is 5.75 Å². The molecule has 138 valence electrons. The highest BCUT2D eigenvalue weighted by Gasteiger charge is 2.33. The normalized spacial score (nSPS) is 17.5. The Morgan fingerprint density at radius 2 is 1.83 bits per heavy atom. The Labute approximate surface area is 148 Å². The number of rotatable bonds is 5. The van der Waals surface area contributed by atoms with Crippen molar-refractivity contribution in [2.45, 2.75) is 32.5 Å². The number of nitrogens with zero attached hydrogens (tertiary/aromatic N) is 1. The molecule has 1 N–H and O–H groups in total. The lowest BCUT2D eigenvalue weighted by molar-refractivity contribution is -0.137. The van der Waals surface area contributed by atoms with Crippen molar-refractivity contribution in [1.82, 2.24) is 10.2 Å². The monoisotopic (exact) mass is 366 g/mol. The van der Waals surface area contributed by atoms with Crippen LogP contribution in [0.3, 0.4) is 0 Å². The number of hydrogen-bond donors (Lipinski definition) is 1. The molecule has 3 nitrogen and oxygen atoms in total. The van der Waals surface area contributed by atoms with Crippen molar-refractivity contribution < 1.29 is 17.9 Å². The van der Waals surface area contributed by atoms with E-state index in [9.17, 15) is 13.2 Å². The van der Waals surface area contributed by atoms with Gasteiger partial charge in [-0.15, -0.1) is 12.4 Å². The minimum Gasteiger partial charge on any atom is -0.496 e. The molecule has 0 unspecified atom stereocenters. The van der Waals surface area contributed by atoms with E-state index in [0.717, 1.165) is 50.3 Å². The van der Waals surface area contributed by atoms with Gasteiger partial charge in [0.05, 0.1) is 12.7 Å². The standard InChI is InChI=1S/C17H25F3N2O.ClH/c1-12(2)10-15(22-8-6-21-7-9-22)14-5-4-13(17(18,19)20)11-16(14)23-3;/h4-5,11-12,15,21H,6-10H2,1-3H3;1H/t15-;/m1./s1. The first-order valence-corrected chi connectivity index (χ1v) is 8.02.